The summed E-state index contributed by atoms with van der Waals surface area (Å²) in [6, 6.07) is 9.23. The van der Waals surface area contributed by atoms with E-state index < -0.39 is 0 Å². The van der Waals surface area contributed by atoms with E-state index in [4.69, 9.17) is 5.73 Å². The lowest BCUT2D eigenvalue weighted by molar-refractivity contribution is -0.132. The van der Waals surface area contributed by atoms with E-state index in [1.165, 1.54) is 24.8 Å². The van der Waals surface area contributed by atoms with Crippen molar-refractivity contribution in [3.8, 4) is 0 Å². The molecular weight excluding hydrogens is 182 g/mol. The fourth-order valence-electron chi connectivity index (χ4n) is 3.61. The van der Waals surface area contributed by atoms with Gasteiger partial charge in [-0.3, -0.25) is 0 Å². The van der Waals surface area contributed by atoms with Crippen molar-refractivity contribution in [2.45, 2.75) is 38.0 Å². The summed E-state index contributed by atoms with van der Waals surface area (Å²) < 4.78 is 0. The van der Waals surface area contributed by atoms with Gasteiger partial charge in [-0.2, -0.15) is 0 Å². The van der Waals surface area contributed by atoms with E-state index in [0.717, 1.165) is 13.0 Å². The fraction of sp³-hybridized carbons (Fsp3) is 0.571. The quantitative estimate of drug-likeness (QED) is 0.799. The van der Waals surface area contributed by atoms with Gasteiger partial charge in [0.05, 0.1) is 0 Å². The number of hydrogen-bond acceptors (Lipinski definition) is 1. The van der Waals surface area contributed by atoms with Crippen molar-refractivity contribution in [1.82, 2.24) is 0 Å². The molecule has 3 aliphatic carbocycles. The Labute approximate surface area is 91.7 Å². The maximum absolute atomic E-state index is 5.79. The molecule has 1 aromatic carbocycles. The van der Waals surface area contributed by atoms with Gasteiger partial charge in [-0.1, -0.05) is 31.2 Å². The molecule has 0 atom stereocenters. The van der Waals surface area contributed by atoms with Crippen LogP contribution in [0.5, 0.6) is 0 Å². The zero-order valence-corrected chi connectivity index (χ0v) is 9.42. The van der Waals surface area contributed by atoms with Crippen molar-refractivity contribution in [3.63, 3.8) is 0 Å². The second kappa shape index (κ2) is 2.85. The normalized spacial score (nSPS) is 36.9. The average molecular weight is 201 g/mol. The molecule has 2 N–H and O–H groups in total. The van der Waals surface area contributed by atoms with E-state index in [9.17, 15) is 0 Å². The highest BCUT2D eigenvalue weighted by Crippen LogP contribution is 2.73. The molecule has 3 fully saturated rings. The highest BCUT2D eigenvalue weighted by molar-refractivity contribution is 5.40. The minimum atomic E-state index is 0.533. The predicted molar refractivity (Wildman–Crippen MR) is 62.8 cm³/mol. The summed E-state index contributed by atoms with van der Waals surface area (Å²) in [6.07, 6.45) is 5.14. The average Bonchev–Trinajstić information content (AvgIpc) is 2.16. The third kappa shape index (κ3) is 1.13. The van der Waals surface area contributed by atoms with Crippen LogP contribution in [-0.2, 0) is 11.8 Å². The molecule has 0 aromatic heterocycles. The molecule has 1 aromatic rings. The third-order valence-electron chi connectivity index (χ3n) is 4.55. The Morgan fingerprint density at radius 1 is 1.13 bits per heavy atom. The van der Waals surface area contributed by atoms with Crippen molar-refractivity contribution in [2.75, 3.05) is 6.54 Å². The van der Waals surface area contributed by atoms with Crippen LogP contribution in [0.15, 0.2) is 24.3 Å². The van der Waals surface area contributed by atoms with Crippen molar-refractivity contribution < 1.29 is 0 Å². The Kier molecular flexibility index (Phi) is 1.79. The molecule has 1 nitrogen and oxygen atoms in total. The molecule has 3 saturated carbocycles. The molecule has 0 saturated heterocycles. The molecule has 3 aliphatic rings. The van der Waals surface area contributed by atoms with Gasteiger partial charge in [0.15, 0.2) is 0 Å². The Morgan fingerprint density at radius 2 is 1.73 bits per heavy atom. The van der Waals surface area contributed by atoms with Gasteiger partial charge in [0.1, 0.15) is 0 Å². The first-order chi connectivity index (χ1) is 7.22. The van der Waals surface area contributed by atoms with Gasteiger partial charge in [0.2, 0.25) is 0 Å². The van der Waals surface area contributed by atoms with Gasteiger partial charge < -0.3 is 5.73 Å². The van der Waals surface area contributed by atoms with E-state index in [1.54, 1.807) is 5.56 Å². The lowest BCUT2D eigenvalue weighted by Gasteiger charge is -2.71. The van der Waals surface area contributed by atoms with Crippen molar-refractivity contribution in [1.29, 1.82) is 0 Å². The molecule has 80 valence electrons. The number of rotatable bonds is 3. The lowest BCUT2D eigenvalue weighted by atomic mass is 9.33. The zero-order valence-electron chi connectivity index (χ0n) is 9.42. The summed E-state index contributed by atoms with van der Waals surface area (Å²) in [7, 11) is 0. The van der Waals surface area contributed by atoms with Crippen LogP contribution in [0.4, 0.5) is 0 Å². The molecule has 15 heavy (non-hydrogen) atoms. The van der Waals surface area contributed by atoms with Crippen LogP contribution >= 0.6 is 0 Å². The van der Waals surface area contributed by atoms with Gasteiger partial charge >= 0.3 is 0 Å². The highest BCUT2D eigenvalue weighted by Gasteiger charge is 2.67. The number of hydrogen-bond donors (Lipinski definition) is 1. The first-order valence-electron chi connectivity index (χ1n) is 6.02. The van der Waals surface area contributed by atoms with E-state index in [-0.39, 0.29) is 0 Å². The highest BCUT2D eigenvalue weighted by atomic mass is 14.8. The summed E-state index contributed by atoms with van der Waals surface area (Å²) in [5.74, 6) is 0. The standard InChI is InChI=1S/C14H19N/c1-2-11-3-5-12(6-4-11)14-7-13(8-14,9-14)10-15/h3-6H,2,7-10,15H2,1H3. The Balaban J connectivity index is 1.79. The molecule has 2 bridgehead atoms. The first-order valence-corrected chi connectivity index (χ1v) is 6.02. The minimum absolute atomic E-state index is 0.533. The second-order valence-electron chi connectivity index (χ2n) is 5.57. The van der Waals surface area contributed by atoms with E-state index in [0.29, 0.717) is 10.8 Å². The Morgan fingerprint density at radius 3 is 2.20 bits per heavy atom. The van der Waals surface area contributed by atoms with Gasteiger partial charge in [0, 0.05) is 0 Å². The number of nitrogens with two attached hydrogens (primary N) is 1. The minimum Gasteiger partial charge on any atom is -0.330 e. The van der Waals surface area contributed by atoms with Gasteiger partial charge in [-0.05, 0) is 54.2 Å². The summed E-state index contributed by atoms with van der Waals surface area (Å²) in [4.78, 5) is 0. The van der Waals surface area contributed by atoms with Crippen LogP contribution in [0.2, 0.25) is 0 Å². The summed E-state index contributed by atoms with van der Waals surface area (Å²) in [5.41, 5.74) is 9.86. The van der Waals surface area contributed by atoms with Crippen molar-refractivity contribution in [3.05, 3.63) is 35.4 Å². The SMILES string of the molecule is CCc1ccc(C23CC(CN)(C2)C3)cc1. The lowest BCUT2D eigenvalue weighted by Crippen LogP contribution is -2.67. The van der Waals surface area contributed by atoms with Crippen LogP contribution in [-0.4, -0.2) is 6.54 Å². The summed E-state index contributed by atoms with van der Waals surface area (Å²) in [6.45, 7) is 3.10. The molecular formula is C14H19N. The second-order valence-corrected chi connectivity index (χ2v) is 5.57. The molecule has 1 heteroatoms. The molecule has 0 spiro atoms. The van der Waals surface area contributed by atoms with Gasteiger partial charge in [-0.15, -0.1) is 0 Å². The Hall–Kier alpha value is -0.820. The van der Waals surface area contributed by atoms with Crippen LogP contribution in [0, 0.1) is 5.41 Å². The number of benzene rings is 1. The van der Waals surface area contributed by atoms with Crippen LogP contribution in [0.3, 0.4) is 0 Å². The van der Waals surface area contributed by atoms with Gasteiger partial charge in [-0.25, -0.2) is 0 Å². The summed E-state index contributed by atoms with van der Waals surface area (Å²) >= 11 is 0. The maximum Gasteiger partial charge on any atom is -0.00196 e. The smallest absolute Gasteiger partial charge is 0.00196 e. The molecule has 0 heterocycles. The summed E-state index contributed by atoms with van der Waals surface area (Å²) in [5, 5.41) is 0. The molecule has 4 rings (SSSR count). The van der Waals surface area contributed by atoms with Crippen molar-refractivity contribution >= 4 is 0 Å². The molecule has 0 radical (unpaired) electrons. The van der Waals surface area contributed by atoms with Gasteiger partial charge in [0.25, 0.3) is 0 Å². The van der Waals surface area contributed by atoms with E-state index in [2.05, 4.69) is 31.2 Å². The molecule has 0 unspecified atom stereocenters. The third-order valence-corrected chi connectivity index (χ3v) is 4.55. The Bertz CT molecular complexity index is 357. The van der Waals surface area contributed by atoms with Crippen LogP contribution in [0.1, 0.15) is 37.3 Å². The number of aryl methyl sites for hydroxylation is 1. The monoisotopic (exact) mass is 201 g/mol. The van der Waals surface area contributed by atoms with Crippen LogP contribution < -0.4 is 5.73 Å². The van der Waals surface area contributed by atoms with Crippen molar-refractivity contribution in [2.24, 2.45) is 11.1 Å². The molecule has 0 aliphatic heterocycles. The largest absolute Gasteiger partial charge is 0.330 e. The maximum atomic E-state index is 5.79. The van der Waals surface area contributed by atoms with E-state index >= 15 is 0 Å². The zero-order chi connectivity index (χ0) is 10.5. The first kappa shape index (κ1) is 9.41. The topological polar surface area (TPSA) is 26.0 Å². The fourth-order valence-corrected chi connectivity index (χ4v) is 3.61. The predicted octanol–water partition coefficient (Wildman–Crippen LogP) is 2.63. The van der Waals surface area contributed by atoms with Crippen LogP contribution in [0.25, 0.3) is 0 Å². The van der Waals surface area contributed by atoms with E-state index in [1.807, 2.05) is 0 Å². The molecule has 0 amide bonds.